The molecule has 0 bridgehead atoms. The maximum atomic E-state index is 12.4. The lowest BCUT2D eigenvalue weighted by atomic mass is 9.88. The van der Waals surface area contributed by atoms with Crippen LogP contribution in [0, 0.1) is 11.8 Å². The molecule has 1 fully saturated rings. The van der Waals surface area contributed by atoms with Crippen molar-refractivity contribution in [3.8, 4) is 0 Å². The van der Waals surface area contributed by atoms with Crippen molar-refractivity contribution in [1.29, 1.82) is 0 Å². The van der Waals surface area contributed by atoms with Gasteiger partial charge in [0.05, 0.1) is 6.61 Å². The number of benzene rings is 1. The van der Waals surface area contributed by atoms with E-state index >= 15 is 0 Å². The lowest BCUT2D eigenvalue weighted by Crippen LogP contribution is -2.52. The average molecular weight is 410 g/mol. The van der Waals surface area contributed by atoms with Crippen LogP contribution in [0.1, 0.15) is 19.4 Å². The predicted molar refractivity (Wildman–Crippen MR) is 102 cm³/mol. The topological polar surface area (TPSA) is 67.4 Å². The van der Waals surface area contributed by atoms with E-state index in [0.29, 0.717) is 16.0 Å². The van der Waals surface area contributed by atoms with Crippen molar-refractivity contribution in [1.82, 2.24) is 10.6 Å². The molecule has 5 nitrogen and oxygen atoms in total. The van der Waals surface area contributed by atoms with Gasteiger partial charge in [0.2, 0.25) is 5.91 Å². The van der Waals surface area contributed by atoms with Gasteiger partial charge < -0.3 is 15.4 Å². The molecule has 1 heterocycles. The van der Waals surface area contributed by atoms with Crippen molar-refractivity contribution >= 4 is 47.5 Å². The van der Waals surface area contributed by atoms with Gasteiger partial charge >= 0.3 is 5.97 Å². The minimum atomic E-state index is -0.762. The Morgan fingerprint density at radius 1 is 1.28 bits per heavy atom. The van der Waals surface area contributed by atoms with Crippen LogP contribution in [-0.4, -0.2) is 37.6 Å². The summed E-state index contributed by atoms with van der Waals surface area (Å²) in [5, 5.41) is 6.93. The van der Waals surface area contributed by atoms with Crippen molar-refractivity contribution in [3.05, 3.63) is 33.8 Å². The summed E-state index contributed by atoms with van der Waals surface area (Å²) in [5.41, 5.74) is 0.767. The standard InChI is InChI=1S/C17H22Cl2N2O3.ClH/c1-3-24-17(23)15(6-11-4-13(18)7-14(19)5-11)21-16(22)10(2)12-8-20-9-12;/h4-5,7,10,12,15,20H,3,6,8-9H2,1-2H3,(H,21,22);1H. The number of carbonyl (C=O) groups is 2. The Morgan fingerprint density at radius 3 is 2.36 bits per heavy atom. The van der Waals surface area contributed by atoms with Crippen molar-refractivity contribution in [2.24, 2.45) is 11.8 Å². The number of ether oxygens (including phenoxy) is 1. The van der Waals surface area contributed by atoms with Crippen LogP contribution in [0.3, 0.4) is 0 Å². The van der Waals surface area contributed by atoms with Crippen LogP contribution < -0.4 is 10.6 Å². The monoisotopic (exact) mass is 408 g/mol. The Balaban J connectivity index is 0.00000312. The third kappa shape index (κ3) is 6.33. The molecule has 2 N–H and O–H groups in total. The smallest absolute Gasteiger partial charge is 0.328 e. The van der Waals surface area contributed by atoms with Crippen molar-refractivity contribution in [2.45, 2.75) is 26.3 Å². The maximum absolute atomic E-state index is 12.4. The van der Waals surface area contributed by atoms with Crippen LogP contribution in [0.2, 0.25) is 10.0 Å². The number of hydrogen-bond acceptors (Lipinski definition) is 4. The van der Waals surface area contributed by atoms with Crippen molar-refractivity contribution in [3.63, 3.8) is 0 Å². The molecule has 1 aliphatic heterocycles. The van der Waals surface area contributed by atoms with E-state index < -0.39 is 12.0 Å². The molecule has 1 aromatic carbocycles. The van der Waals surface area contributed by atoms with Gasteiger partial charge in [0, 0.05) is 22.4 Å². The molecule has 0 spiro atoms. The first-order valence-corrected chi connectivity index (χ1v) is 8.79. The summed E-state index contributed by atoms with van der Waals surface area (Å²) in [6.07, 6.45) is 0.278. The third-order valence-corrected chi connectivity index (χ3v) is 4.62. The van der Waals surface area contributed by atoms with Gasteiger partial charge in [-0.3, -0.25) is 4.79 Å². The molecule has 25 heavy (non-hydrogen) atoms. The molecule has 1 amide bonds. The second-order valence-electron chi connectivity index (χ2n) is 6.00. The summed E-state index contributed by atoms with van der Waals surface area (Å²) >= 11 is 12.0. The largest absolute Gasteiger partial charge is 0.464 e. The summed E-state index contributed by atoms with van der Waals surface area (Å²) < 4.78 is 5.09. The fourth-order valence-electron chi connectivity index (χ4n) is 2.58. The van der Waals surface area contributed by atoms with Gasteiger partial charge in [-0.05, 0) is 49.7 Å². The van der Waals surface area contributed by atoms with Crippen LogP contribution in [0.25, 0.3) is 0 Å². The molecule has 1 aromatic rings. The highest BCUT2D eigenvalue weighted by atomic mass is 35.5. The van der Waals surface area contributed by atoms with E-state index in [1.807, 2.05) is 6.92 Å². The zero-order chi connectivity index (χ0) is 17.7. The average Bonchev–Trinajstić information content (AvgIpc) is 2.43. The summed E-state index contributed by atoms with van der Waals surface area (Å²) in [4.78, 5) is 24.6. The SMILES string of the molecule is CCOC(=O)C(Cc1cc(Cl)cc(Cl)c1)NC(=O)C(C)C1CNC1.Cl. The molecule has 1 saturated heterocycles. The molecule has 0 saturated carbocycles. The minimum Gasteiger partial charge on any atom is -0.464 e. The fourth-order valence-corrected chi connectivity index (χ4v) is 3.15. The Bertz CT molecular complexity index is 589. The summed E-state index contributed by atoms with van der Waals surface area (Å²) in [7, 11) is 0. The molecule has 0 aliphatic carbocycles. The van der Waals surface area contributed by atoms with Crippen LogP contribution in [0.4, 0.5) is 0 Å². The Labute approximate surface area is 164 Å². The molecule has 0 aromatic heterocycles. The van der Waals surface area contributed by atoms with Crippen molar-refractivity contribution in [2.75, 3.05) is 19.7 Å². The molecule has 140 valence electrons. The van der Waals surface area contributed by atoms with Gasteiger partial charge in [-0.15, -0.1) is 12.4 Å². The quantitative estimate of drug-likeness (QED) is 0.680. The van der Waals surface area contributed by atoms with E-state index in [-0.39, 0.29) is 37.3 Å². The molecular formula is C17H23Cl3N2O3. The molecule has 8 heteroatoms. The number of amides is 1. The molecule has 2 unspecified atom stereocenters. The van der Waals surface area contributed by atoms with Gasteiger partial charge in [0.25, 0.3) is 0 Å². The number of esters is 1. The second kappa shape index (κ2) is 10.2. The van der Waals surface area contributed by atoms with Gasteiger partial charge in [-0.2, -0.15) is 0 Å². The lowest BCUT2D eigenvalue weighted by Gasteiger charge is -2.32. The van der Waals surface area contributed by atoms with E-state index in [0.717, 1.165) is 18.7 Å². The first kappa shape index (κ1) is 22.0. The fraction of sp³-hybridized carbons (Fsp3) is 0.529. The zero-order valence-corrected chi connectivity index (χ0v) is 16.5. The highest BCUT2D eigenvalue weighted by Gasteiger charge is 2.31. The van der Waals surface area contributed by atoms with E-state index in [1.165, 1.54) is 0 Å². The van der Waals surface area contributed by atoms with Gasteiger partial charge in [-0.1, -0.05) is 30.1 Å². The Morgan fingerprint density at radius 2 is 1.88 bits per heavy atom. The highest BCUT2D eigenvalue weighted by Crippen LogP contribution is 2.21. The highest BCUT2D eigenvalue weighted by molar-refractivity contribution is 6.34. The van der Waals surface area contributed by atoms with Crippen LogP contribution in [-0.2, 0) is 20.7 Å². The zero-order valence-electron chi connectivity index (χ0n) is 14.2. The van der Waals surface area contributed by atoms with Crippen LogP contribution in [0.15, 0.2) is 18.2 Å². The number of carbonyl (C=O) groups excluding carboxylic acids is 2. The molecule has 2 rings (SSSR count). The summed E-state index contributed by atoms with van der Waals surface area (Å²) in [6, 6.07) is 4.31. The van der Waals surface area contributed by atoms with E-state index in [9.17, 15) is 9.59 Å². The minimum absolute atomic E-state index is 0. The number of rotatable bonds is 7. The number of halogens is 3. The summed E-state index contributed by atoms with van der Waals surface area (Å²) in [6.45, 7) is 5.50. The lowest BCUT2D eigenvalue weighted by molar-refractivity contribution is -0.148. The summed E-state index contributed by atoms with van der Waals surface area (Å²) in [5.74, 6) is -0.465. The van der Waals surface area contributed by atoms with Crippen LogP contribution >= 0.6 is 35.6 Å². The van der Waals surface area contributed by atoms with Gasteiger partial charge in [-0.25, -0.2) is 4.79 Å². The van der Waals surface area contributed by atoms with E-state index in [4.69, 9.17) is 27.9 Å². The molecule has 2 atom stereocenters. The van der Waals surface area contributed by atoms with Gasteiger partial charge in [0.15, 0.2) is 0 Å². The molecular weight excluding hydrogens is 387 g/mol. The third-order valence-electron chi connectivity index (χ3n) is 4.18. The Hall–Kier alpha value is -1.01. The molecule has 1 aliphatic rings. The van der Waals surface area contributed by atoms with Gasteiger partial charge in [0.1, 0.15) is 6.04 Å². The first-order chi connectivity index (χ1) is 11.4. The second-order valence-corrected chi connectivity index (χ2v) is 6.87. The van der Waals surface area contributed by atoms with Crippen LogP contribution in [0.5, 0.6) is 0 Å². The molecule has 0 radical (unpaired) electrons. The number of hydrogen-bond donors (Lipinski definition) is 2. The normalized spacial score (nSPS) is 16.2. The first-order valence-electron chi connectivity index (χ1n) is 8.03. The predicted octanol–water partition coefficient (Wildman–Crippen LogP) is 2.86. The maximum Gasteiger partial charge on any atom is 0.328 e. The number of nitrogens with one attached hydrogen (secondary N) is 2. The van der Waals surface area contributed by atoms with Crippen molar-refractivity contribution < 1.29 is 14.3 Å². The van der Waals surface area contributed by atoms with E-state index in [2.05, 4.69) is 10.6 Å². The van der Waals surface area contributed by atoms with E-state index in [1.54, 1.807) is 25.1 Å². The Kier molecular flexibility index (Phi) is 9.00.